The zero-order valence-electron chi connectivity index (χ0n) is 11.3. The zero-order valence-corrected chi connectivity index (χ0v) is 12.1. The lowest BCUT2D eigenvalue weighted by Gasteiger charge is -2.08. The fourth-order valence-electron chi connectivity index (χ4n) is 2.13. The third kappa shape index (κ3) is 2.60. The summed E-state index contributed by atoms with van der Waals surface area (Å²) in [7, 11) is 0. The van der Waals surface area contributed by atoms with Gasteiger partial charge in [0, 0.05) is 15.7 Å². The van der Waals surface area contributed by atoms with Crippen molar-refractivity contribution >= 4 is 28.5 Å². The molecule has 0 aliphatic carbocycles. The Labute approximate surface area is 125 Å². The minimum atomic E-state index is -0.942. The molecule has 3 rings (SSSR count). The Morgan fingerprint density at radius 3 is 2.43 bits per heavy atom. The summed E-state index contributed by atoms with van der Waals surface area (Å²) in [5, 5.41) is 20.4. The van der Waals surface area contributed by atoms with E-state index in [0.29, 0.717) is 9.92 Å². The van der Waals surface area contributed by atoms with E-state index in [9.17, 15) is 9.90 Å². The van der Waals surface area contributed by atoms with Crippen LogP contribution in [0.3, 0.4) is 0 Å². The first-order chi connectivity index (χ1) is 10.2. The lowest BCUT2D eigenvalue weighted by atomic mass is 10.1. The first-order valence-electron chi connectivity index (χ1n) is 6.39. The normalized spacial score (nSPS) is 10.7. The van der Waals surface area contributed by atoms with E-state index in [1.807, 2.05) is 37.3 Å². The number of rotatable bonds is 3. The second kappa shape index (κ2) is 5.54. The van der Waals surface area contributed by atoms with Crippen LogP contribution in [0, 0.1) is 6.92 Å². The van der Waals surface area contributed by atoms with Gasteiger partial charge in [-0.1, -0.05) is 48.2 Å². The minimum Gasteiger partial charge on any atom is -0.478 e. The van der Waals surface area contributed by atoms with Crippen molar-refractivity contribution in [3.63, 3.8) is 0 Å². The Morgan fingerprint density at radius 2 is 1.67 bits per heavy atom. The molecule has 1 N–H and O–H groups in total. The molecular weight excluding hydrogens is 284 g/mol. The molecule has 1 aromatic heterocycles. The number of benzene rings is 2. The number of carboxylic acids is 1. The Morgan fingerprint density at radius 1 is 1.00 bits per heavy atom. The van der Waals surface area contributed by atoms with Crippen molar-refractivity contribution in [1.29, 1.82) is 0 Å². The topological polar surface area (TPSA) is 63.1 Å². The number of aromatic carboxylic acids is 1. The lowest BCUT2D eigenvalue weighted by molar-refractivity contribution is 0.0693. The molecule has 0 saturated carbocycles. The number of fused-ring (bicyclic) bond motifs is 1. The van der Waals surface area contributed by atoms with Gasteiger partial charge in [-0.3, -0.25) is 0 Å². The highest BCUT2D eigenvalue weighted by Crippen LogP contribution is 2.33. The van der Waals surface area contributed by atoms with E-state index in [4.69, 9.17) is 0 Å². The minimum absolute atomic E-state index is 0.272. The van der Waals surface area contributed by atoms with E-state index in [-0.39, 0.29) is 5.56 Å². The molecule has 0 amide bonds. The molecule has 0 spiro atoms. The molecule has 0 saturated heterocycles. The van der Waals surface area contributed by atoms with Crippen molar-refractivity contribution in [2.75, 3.05) is 0 Å². The maximum atomic E-state index is 11.3. The fourth-order valence-corrected chi connectivity index (χ4v) is 3.11. The first-order valence-corrected chi connectivity index (χ1v) is 7.20. The van der Waals surface area contributed by atoms with Crippen LogP contribution >= 0.6 is 11.8 Å². The second-order valence-electron chi connectivity index (χ2n) is 4.54. The Kier molecular flexibility index (Phi) is 3.58. The van der Waals surface area contributed by atoms with Crippen molar-refractivity contribution in [1.82, 2.24) is 10.2 Å². The number of hydrogen-bond acceptors (Lipinski definition) is 4. The van der Waals surface area contributed by atoms with Crippen LogP contribution < -0.4 is 0 Å². The van der Waals surface area contributed by atoms with E-state index in [1.165, 1.54) is 11.8 Å². The quantitative estimate of drug-likeness (QED) is 0.796. The molecule has 0 bridgehead atoms. The molecule has 5 heteroatoms. The van der Waals surface area contributed by atoms with Gasteiger partial charge in [-0.15, -0.1) is 5.10 Å². The van der Waals surface area contributed by atoms with E-state index in [0.717, 1.165) is 16.5 Å². The molecular formula is C16H12N2O2S. The number of carboxylic acid groups (broad SMARTS) is 1. The highest BCUT2D eigenvalue weighted by atomic mass is 32.2. The molecule has 3 aromatic rings. The van der Waals surface area contributed by atoms with Crippen LogP contribution in [-0.2, 0) is 0 Å². The van der Waals surface area contributed by atoms with E-state index < -0.39 is 5.97 Å². The molecule has 4 nitrogen and oxygen atoms in total. The van der Waals surface area contributed by atoms with Gasteiger partial charge in [-0.2, -0.15) is 5.10 Å². The molecule has 0 aliphatic rings. The van der Waals surface area contributed by atoms with Gasteiger partial charge in [0.2, 0.25) is 0 Å². The average molecular weight is 296 g/mol. The maximum Gasteiger partial charge on any atom is 0.336 e. The van der Waals surface area contributed by atoms with Crippen molar-refractivity contribution in [3.8, 4) is 0 Å². The summed E-state index contributed by atoms with van der Waals surface area (Å²) in [6.07, 6.45) is 0. The maximum absolute atomic E-state index is 11.3. The predicted octanol–water partition coefficient (Wildman–Crippen LogP) is 3.79. The number of nitrogens with zero attached hydrogens (tertiary/aromatic N) is 2. The zero-order chi connectivity index (χ0) is 14.8. The molecule has 104 valence electrons. The molecule has 0 aliphatic heterocycles. The number of hydrogen-bond donors (Lipinski definition) is 1. The van der Waals surface area contributed by atoms with Crippen molar-refractivity contribution < 1.29 is 9.90 Å². The van der Waals surface area contributed by atoms with Crippen LogP contribution in [0.5, 0.6) is 0 Å². The Bertz CT molecular complexity index is 833. The highest BCUT2D eigenvalue weighted by Gasteiger charge is 2.13. The van der Waals surface area contributed by atoms with E-state index in [2.05, 4.69) is 10.2 Å². The summed E-state index contributed by atoms with van der Waals surface area (Å²) in [6, 6.07) is 14.8. The first kappa shape index (κ1) is 13.6. The van der Waals surface area contributed by atoms with Crippen LogP contribution in [0.1, 0.15) is 16.1 Å². The van der Waals surface area contributed by atoms with Crippen molar-refractivity contribution in [3.05, 3.63) is 59.8 Å². The van der Waals surface area contributed by atoms with Crippen molar-refractivity contribution in [2.45, 2.75) is 16.8 Å². The third-order valence-corrected chi connectivity index (χ3v) is 4.23. The van der Waals surface area contributed by atoms with Gasteiger partial charge < -0.3 is 5.11 Å². The summed E-state index contributed by atoms with van der Waals surface area (Å²) >= 11 is 1.33. The summed E-state index contributed by atoms with van der Waals surface area (Å²) < 4.78 is 0. The van der Waals surface area contributed by atoms with Crippen LogP contribution in [-0.4, -0.2) is 21.3 Å². The van der Waals surface area contributed by atoms with E-state index in [1.54, 1.807) is 18.2 Å². The molecule has 2 aromatic carbocycles. The van der Waals surface area contributed by atoms with Gasteiger partial charge in [0.1, 0.15) is 5.03 Å². The Hall–Kier alpha value is -2.40. The van der Waals surface area contributed by atoms with Gasteiger partial charge in [-0.25, -0.2) is 4.79 Å². The summed E-state index contributed by atoms with van der Waals surface area (Å²) in [5.41, 5.74) is 1.13. The monoisotopic (exact) mass is 296 g/mol. The summed E-state index contributed by atoms with van der Waals surface area (Å²) in [5.74, 6) is -0.942. The third-order valence-electron chi connectivity index (χ3n) is 3.16. The van der Waals surface area contributed by atoms with E-state index >= 15 is 0 Å². The van der Waals surface area contributed by atoms with Gasteiger partial charge >= 0.3 is 5.97 Å². The standard InChI is InChI=1S/C16H12N2O2S/c1-10-11-6-2-3-7-12(11)15(18-17-10)21-14-9-5-4-8-13(14)16(19)20/h2-9H,1H3,(H,19,20). The van der Waals surface area contributed by atoms with Crippen molar-refractivity contribution in [2.24, 2.45) is 0 Å². The van der Waals surface area contributed by atoms with Crippen LogP contribution in [0.2, 0.25) is 0 Å². The molecule has 1 heterocycles. The SMILES string of the molecule is Cc1nnc(Sc2ccccc2C(=O)O)c2ccccc12. The average Bonchev–Trinajstić information content (AvgIpc) is 2.51. The number of carbonyl (C=O) groups is 1. The number of aromatic nitrogens is 2. The van der Waals surface area contributed by atoms with Gasteiger partial charge in [0.15, 0.2) is 0 Å². The van der Waals surface area contributed by atoms with Crippen LogP contribution in [0.25, 0.3) is 10.8 Å². The molecule has 0 unspecified atom stereocenters. The van der Waals surface area contributed by atoms with Gasteiger partial charge in [0.05, 0.1) is 11.3 Å². The Balaban J connectivity index is 2.11. The fraction of sp³-hybridized carbons (Fsp3) is 0.0625. The smallest absolute Gasteiger partial charge is 0.336 e. The molecule has 0 radical (unpaired) electrons. The second-order valence-corrected chi connectivity index (χ2v) is 5.57. The molecule has 0 atom stereocenters. The molecule has 0 fully saturated rings. The van der Waals surface area contributed by atoms with Gasteiger partial charge in [-0.05, 0) is 19.1 Å². The van der Waals surface area contributed by atoms with Gasteiger partial charge in [0.25, 0.3) is 0 Å². The van der Waals surface area contributed by atoms with Crippen LogP contribution in [0.4, 0.5) is 0 Å². The highest BCUT2D eigenvalue weighted by molar-refractivity contribution is 7.99. The largest absolute Gasteiger partial charge is 0.478 e. The predicted molar refractivity (Wildman–Crippen MR) is 81.8 cm³/mol. The number of aryl methyl sites for hydroxylation is 1. The van der Waals surface area contributed by atoms with Crippen LogP contribution in [0.15, 0.2) is 58.5 Å². The molecule has 21 heavy (non-hydrogen) atoms. The summed E-state index contributed by atoms with van der Waals surface area (Å²) in [6.45, 7) is 1.91. The summed E-state index contributed by atoms with van der Waals surface area (Å²) in [4.78, 5) is 11.9. The lowest BCUT2D eigenvalue weighted by Crippen LogP contribution is -1.99.